The zero-order valence-electron chi connectivity index (χ0n) is 12.8. The van der Waals surface area contributed by atoms with Crippen molar-refractivity contribution in [1.82, 2.24) is 15.1 Å². The molecule has 1 unspecified atom stereocenters. The highest BCUT2D eigenvalue weighted by molar-refractivity contribution is 5.74. The number of carbonyl (C=O) groups excluding carboxylic acids is 1. The van der Waals surface area contributed by atoms with Crippen LogP contribution >= 0.6 is 0 Å². The van der Waals surface area contributed by atoms with Crippen molar-refractivity contribution in [3.05, 3.63) is 35.6 Å². The number of piperazine rings is 1. The topological polar surface area (TPSA) is 35.6 Å². The van der Waals surface area contributed by atoms with Gasteiger partial charge in [-0.05, 0) is 31.0 Å². The summed E-state index contributed by atoms with van der Waals surface area (Å²) >= 11 is 0. The summed E-state index contributed by atoms with van der Waals surface area (Å²) in [6.45, 7) is 8.23. The van der Waals surface area contributed by atoms with Gasteiger partial charge in [0.05, 0.1) is 0 Å². The van der Waals surface area contributed by atoms with Gasteiger partial charge in [-0.15, -0.1) is 0 Å². The number of hydrogen-bond acceptors (Lipinski definition) is 2. The van der Waals surface area contributed by atoms with Gasteiger partial charge < -0.3 is 10.2 Å². The van der Waals surface area contributed by atoms with Gasteiger partial charge in [0.25, 0.3) is 0 Å². The first-order valence-electron chi connectivity index (χ1n) is 7.61. The van der Waals surface area contributed by atoms with Crippen LogP contribution in [0.4, 0.5) is 9.18 Å². The summed E-state index contributed by atoms with van der Waals surface area (Å²) in [5.41, 5.74) is 0.906. The zero-order valence-corrected chi connectivity index (χ0v) is 12.8. The van der Waals surface area contributed by atoms with Crippen molar-refractivity contribution < 1.29 is 9.18 Å². The summed E-state index contributed by atoms with van der Waals surface area (Å²) < 4.78 is 12.8. The van der Waals surface area contributed by atoms with E-state index in [0.29, 0.717) is 12.6 Å². The Kier molecular flexibility index (Phi) is 5.56. The van der Waals surface area contributed by atoms with Crippen LogP contribution in [0.2, 0.25) is 0 Å². The molecule has 1 aromatic rings. The van der Waals surface area contributed by atoms with Crippen molar-refractivity contribution in [2.45, 2.75) is 32.9 Å². The lowest BCUT2D eigenvalue weighted by Gasteiger charge is -2.37. The van der Waals surface area contributed by atoms with Crippen LogP contribution in [0.15, 0.2) is 24.3 Å². The van der Waals surface area contributed by atoms with Crippen LogP contribution in [-0.4, -0.2) is 48.1 Å². The van der Waals surface area contributed by atoms with Crippen molar-refractivity contribution in [3.8, 4) is 0 Å². The molecule has 1 fully saturated rings. The standard InChI is InChI=1S/C16H24FN3O/c1-3-13(2)19-8-10-20(11-9-19)16(21)18-12-14-4-6-15(17)7-5-14/h4-7,13H,3,8-12H2,1-2H3,(H,18,21). The van der Waals surface area contributed by atoms with E-state index in [1.54, 1.807) is 12.1 Å². The first-order valence-corrected chi connectivity index (χ1v) is 7.61. The minimum atomic E-state index is -0.258. The van der Waals surface area contributed by atoms with E-state index < -0.39 is 0 Å². The maximum absolute atomic E-state index is 12.8. The van der Waals surface area contributed by atoms with Crippen LogP contribution in [-0.2, 0) is 6.54 Å². The molecule has 1 N–H and O–H groups in total. The fourth-order valence-electron chi connectivity index (χ4n) is 2.52. The third kappa shape index (κ3) is 4.43. The van der Waals surface area contributed by atoms with Gasteiger partial charge in [-0.2, -0.15) is 0 Å². The normalized spacial score (nSPS) is 17.6. The average Bonchev–Trinajstić information content (AvgIpc) is 2.53. The number of nitrogens with one attached hydrogen (secondary N) is 1. The van der Waals surface area contributed by atoms with Crippen LogP contribution < -0.4 is 5.32 Å². The van der Waals surface area contributed by atoms with Crippen LogP contribution in [0.25, 0.3) is 0 Å². The molecule has 0 radical (unpaired) electrons. The molecule has 1 atom stereocenters. The molecule has 2 rings (SSSR count). The number of carbonyl (C=O) groups is 1. The molecular weight excluding hydrogens is 269 g/mol. The molecule has 1 aliphatic heterocycles. The third-order valence-electron chi connectivity index (χ3n) is 4.17. The summed E-state index contributed by atoms with van der Waals surface area (Å²) in [7, 11) is 0. The predicted octanol–water partition coefficient (Wildman–Crippen LogP) is 2.45. The lowest BCUT2D eigenvalue weighted by molar-refractivity contribution is 0.112. The molecular formula is C16H24FN3O. The van der Waals surface area contributed by atoms with Gasteiger partial charge in [0, 0.05) is 38.8 Å². The number of benzene rings is 1. The van der Waals surface area contributed by atoms with E-state index in [1.165, 1.54) is 12.1 Å². The smallest absolute Gasteiger partial charge is 0.317 e. The van der Waals surface area contributed by atoms with Crippen molar-refractivity contribution in [1.29, 1.82) is 0 Å². The number of rotatable bonds is 4. The van der Waals surface area contributed by atoms with Gasteiger partial charge in [-0.25, -0.2) is 9.18 Å². The molecule has 0 saturated carbocycles. The quantitative estimate of drug-likeness (QED) is 0.925. The maximum Gasteiger partial charge on any atom is 0.317 e. The number of urea groups is 1. The highest BCUT2D eigenvalue weighted by Gasteiger charge is 2.22. The second-order valence-corrected chi connectivity index (χ2v) is 5.57. The second-order valence-electron chi connectivity index (χ2n) is 5.57. The Morgan fingerprint density at radius 1 is 1.24 bits per heavy atom. The SMILES string of the molecule is CCC(C)N1CCN(C(=O)NCc2ccc(F)cc2)CC1. The largest absolute Gasteiger partial charge is 0.334 e. The summed E-state index contributed by atoms with van der Waals surface area (Å²) in [6.07, 6.45) is 1.14. The van der Waals surface area contributed by atoms with Crippen molar-refractivity contribution in [2.75, 3.05) is 26.2 Å². The fraction of sp³-hybridized carbons (Fsp3) is 0.562. The Labute approximate surface area is 125 Å². The van der Waals surface area contributed by atoms with Gasteiger partial charge in [-0.1, -0.05) is 19.1 Å². The molecule has 2 amide bonds. The maximum atomic E-state index is 12.8. The minimum absolute atomic E-state index is 0.0388. The highest BCUT2D eigenvalue weighted by Crippen LogP contribution is 2.09. The number of amides is 2. The number of halogens is 1. The van der Waals surface area contributed by atoms with Gasteiger partial charge in [0.2, 0.25) is 0 Å². The van der Waals surface area contributed by atoms with Crippen LogP contribution in [0.1, 0.15) is 25.8 Å². The Balaban J connectivity index is 1.76. The zero-order chi connectivity index (χ0) is 15.2. The average molecular weight is 293 g/mol. The van der Waals surface area contributed by atoms with Crippen LogP contribution in [0.3, 0.4) is 0 Å². The highest BCUT2D eigenvalue weighted by atomic mass is 19.1. The molecule has 0 aromatic heterocycles. The number of hydrogen-bond donors (Lipinski definition) is 1. The van der Waals surface area contributed by atoms with E-state index in [2.05, 4.69) is 24.1 Å². The van der Waals surface area contributed by atoms with E-state index in [1.807, 2.05) is 4.90 Å². The Morgan fingerprint density at radius 3 is 2.43 bits per heavy atom. The molecule has 1 aliphatic rings. The third-order valence-corrected chi connectivity index (χ3v) is 4.17. The van der Waals surface area contributed by atoms with Crippen molar-refractivity contribution in [3.63, 3.8) is 0 Å². The van der Waals surface area contributed by atoms with Gasteiger partial charge in [0.15, 0.2) is 0 Å². The molecule has 1 heterocycles. The second kappa shape index (κ2) is 7.41. The van der Waals surface area contributed by atoms with E-state index in [4.69, 9.17) is 0 Å². The Morgan fingerprint density at radius 2 is 1.86 bits per heavy atom. The molecule has 1 aromatic carbocycles. The summed E-state index contributed by atoms with van der Waals surface area (Å²) in [5, 5.41) is 2.89. The van der Waals surface area contributed by atoms with E-state index in [9.17, 15) is 9.18 Å². The first-order chi connectivity index (χ1) is 10.1. The van der Waals surface area contributed by atoms with Crippen molar-refractivity contribution in [2.24, 2.45) is 0 Å². The molecule has 21 heavy (non-hydrogen) atoms. The summed E-state index contributed by atoms with van der Waals surface area (Å²) in [5.74, 6) is -0.258. The van der Waals surface area contributed by atoms with Gasteiger partial charge in [0.1, 0.15) is 5.82 Å². The van der Waals surface area contributed by atoms with Crippen LogP contribution in [0, 0.1) is 5.82 Å². The predicted molar refractivity (Wildman–Crippen MR) is 81.5 cm³/mol. The molecule has 1 saturated heterocycles. The first kappa shape index (κ1) is 15.8. The van der Waals surface area contributed by atoms with E-state index in [-0.39, 0.29) is 11.8 Å². The fourth-order valence-corrected chi connectivity index (χ4v) is 2.52. The lowest BCUT2D eigenvalue weighted by atomic mass is 10.2. The molecule has 116 valence electrons. The molecule has 0 spiro atoms. The summed E-state index contributed by atoms with van der Waals surface area (Å²) in [6, 6.07) is 6.74. The van der Waals surface area contributed by atoms with Crippen molar-refractivity contribution >= 4 is 6.03 Å². The van der Waals surface area contributed by atoms with Crippen LogP contribution in [0.5, 0.6) is 0 Å². The Hall–Kier alpha value is -1.62. The Bertz CT molecular complexity index is 455. The van der Waals surface area contributed by atoms with Gasteiger partial charge >= 0.3 is 6.03 Å². The molecule has 0 bridgehead atoms. The monoisotopic (exact) mass is 293 g/mol. The lowest BCUT2D eigenvalue weighted by Crippen LogP contribution is -2.53. The summed E-state index contributed by atoms with van der Waals surface area (Å²) in [4.78, 5) is 16.4. The molecule has 4 nitrogen and oxygen atoms in total. The van der Waals surface area contributed by atoms with Gasteiger partial charge in [-0.3, -0.25) is 4.90 Å². The van der Waals surface area contributed by atoms with E-state index >= 15 is 0 Å². The molecule has 5 heteroatoms. The molecule has 0 aliphatic carbocycles. The minimum Gasteiger partial charge on any atom is -0.334 e. The van der Waals surface area contributed by atoms with E-state index in [0.717, 1.165) is 38.2 Å². The number of nitrogens with zero attached hydrogens (tertiary/aromatic N) is 2.